The van der Waals surface area contributed by atoms with Crippen molar-refractivity contribution in [3.63, 3.8) is 0 Å². The lowest BCUT2D eigenvalue weighted by Crippen LogP contribution is -2.45. The Morgan fingerprint density at radius 2 is 1.81 bits per heavy atom. The first-order valence-corrected chi connectivity index (χ1v) is 14.3. The number of rotatable bonds is 5. The second-order valence-electron chi connectivity index (χ2n) is 9.24. The minimum atomic E-state index is -0.284. The molecule has 0 unspecified atom stereocenters. The molecule has 2 aliphatic rings. The Labute approximate surface area is 228 Å². The lowest BCUT2D eigenvalue weighted by Gasteiger charge is -2.43. The maximum atomic E-state index is 12.9. The first-order chi connectivity index (χ1) is 17.4. The van der Waals surface area contributed by atoms with Crippen LogP contribution in [0, 0.1) is 6.92 Å². The molecule has 0 radical (unpaired) electrons. The van der Waals surface area contributed by atoms with Crippen molar-refractivity contribution in [2.45, 2.75) is 58.7 Å². The highest BCUT2D eigenvalue weighted by Gasteiger charge is 2.42. The van der Waals surface area contributed by atoms with Crippen LogP contribution in [0.4, 0.5) is 0 Å². The van der Waals surface area contributed by atoms with E-state index < -0.39 is 0 Å². The van der Waals surface area contributed by atoms with E-state index in [0.717, 1.165) is 54.9 Å². The van der Waals surface area contributed by atoms with E-state index in [-0.39, 0.29) is 11.5 Å². The lowest BCUT2D eigenvalue weighted by atomic mass is 9.85. The third-order valence-electron chi connectivity index (χ3n) is 6.84. The molecule has 0 saturated carbocycles. The van der Waals surface area contributed by atoms with Crippen molar-refractivity contribution in [1.29, 1.82) is 0 Å². The maximum absolute atomic E-state index is 12.9. The molecule has 0 atom stereocenters. The second kappa shape index (κ2) is 12.1. The first kappa shape index (κ1) is 27.2. The second-order valence-corrected chi connectivity index (χ2v) is 11.1. The summed E-state index contributed by atoms with van der Waals surface area (Å²) in [5.74, 6) is -0.00931. The van der Waals surface area contributed by atoms with Crippen LogP contribution in [0.2, 0.25) is 10.0 Å². The highest BCUT2D eigenvalue weighted by molar-refractivity contribution is 7.14. The Kier molecular flexibility index (Phi) is 9.13. The molecule has 36 heavy (non-hydrogen) atoms. The number of amides is 1. The largest absolute Gasteiger partial charge is 0.369 e. The fourth-order valence-electron chi connectivity index (χ4n) is 4.84. The van der Waals surface area contributed by atoms with Crippen molar-refractivity contribution in [1.82, 2.24) is 10.2 Å². The minimum Gasteiger partial charge on any atom is -0.369 e. The fourth-order valence-corrected chi connectivity index (χ4v) is 6.64. The van der Waals surface area contributed by atoms with Crippen LogP contribution in [-0.4, -0.2) is 30.5 Å². The van der Waals surface area contributed by atoms with Crippen LogP contribution in [-0.2, 0) is 29.8 Å². The van der Waals surface area contributed by atoms with E-state index in [1.807, 2.05) is 26.0 Å². The van der Waals surface area contributed by atoms with Gasteiger partial charge < -0.3 is 10.1 Å². The number of carbonyl (C=O) groups excluding carboxylic acids is 1. The number of piperidine rings is 1. The Morgan fingerprint density at radius 1 is 1.08 bits per heavy atom. The van der Waals surface area contributed by atoms with Gasteiger partial charge in [-0.15, -0.1) is 11.3 Å². The number of carbonyl (C=O) groups is 1. The highest BCUT2D eigenvalue weighted by Crippen LogP contribution is 2.45. The topological polar surface area (TPSA) is 41.6 Å². The number of fused-ring (bicyclic) bond motifs is 2. The van der Waals surface area contributed by atoms with Crippen LogP contribution in [0.3, 0.4) is 0 Å². The zero-order chi connectivity index (χ0) is 25.7. The van der Waals surface area contributed by atoms with Crippen molar-refractivity contribution in [2.24, 2.45) is 0 Å². The van der Waals surface area contributed by atoms with Crippen LogP contribution >= 0.6 is 34.5 Å². The molecule has 4 nitrogen and oxygen atoms in total. The van der Waals surface area contributed by atoms with Gasteiger partial charge in [-0.2, -0.15) is 0 Å². The quantitative estimate of drug-likeness (QED) is 0.364. The van der Waals surface area contributed by atoms with E-state index in [9.17, 15) is 4.79 Å². The Hall–Kier alpha value is -1.89. The minimum absolute atomic E-state index is 0.00931. The summed E-state index contributed by atoms with van der Waals surface area (Å²) in [7, 11) is 0. The molecule has 2 aliphatic heterocycles. The smallest absolute Gasteiger partial charge is 0.261 e. The van der Waals surface area contributed by atoms with Gasteiger partial charge in [-0.3, -0.25) is 9.69 Å². The van der Waals surface area contributed by atoms with Gasteiger partial charge in [-0.05, 0) is 61.1 Å². The molecular weight excluding hydrogens is 511 g/mol. The molecule has 3 aromatic rings. The van der Waals surface area contributed by atoms with Crippen molar-refractivity contribution < 1.29 is 9.53 Å². The molecule has 5 rings (SSSR count). The molecule has 2 aromatic carbocycles. The summed E-state index contributed by atoms with van der Waals surface area (Å²) < 4.78 is 6.41. The molecule has 7 heteroatoms. The molecule has 1 aromatic heterocycles. The van der Waals surface area contributed by atoms with Crippen LogP contribution in [0.25, 0.3) is 0 Å². The first-order valence-electron chi connectivity index (χ1n) is 12.7. The highest BCUT2D eigenvalue weighted by atomic mass is 35.5. The average molecular weight is 546 g/mol. The zero-order valence-electron chi connectivity index (χ0n) is 21.2. The predicted molar refractivity (Wildman–Crippen MR) is 150 cm³/mol. The molecule has 0 aliphatic carbocycles. The molecule has 1 saturated heterocycles. The van der Waals surface area contributed by atoms with Crippen LogP contribution in [0.5, 0.6) is 0 Å². The predicted octanol–water partition coefficient (Wildman–Crippen LogP) is 7.38. The van der Waals surface area contributed by atoms with Gasteiger partial charge in [0.2, 0.25) is 0 Å². The van der Waals surface area contributed by atoms with E-state index in [1.54, 1.807) is 17.4 Å². The summed E-state index contributed by atoms with van der Waals surface area (Å²) in [5.41, 5.74) is 4.40. The van der Waals surface area contributed by atoms with E-state index in [4.69, 9.17) is 27.9 Å². The van der Waals surface area contributed by atoms with Crippen molar-refractivity contribution in [3.8, 4) is 0 Å². The number of ether oxygens (including phenoxy) is 1. The number of benzene rings is 2. The normalized spacial score (nSPS) is 16.7. The molecule has 1 spiro atoms. The van der Waals surface area contributed by atoms with E-state index >= 15 is 0 Å². The third kappa shape index (κ3) is 6.15. The lowest BCUT2D eigenvalue weighted by molar-refractivity contribution is -0.0960. The van der Waals surface area contributed by atoms with E-state index in [2.05, 4.69) is 47.5 Å². The Bertz CT molecular complexity index is 1180. The standard InChI is InChI=1S/C27H28Cl2N2O2S.C2H6/c1-18-2-4-19(5-3-18)16-30-26(32)24-14-20-8-13-33-27(25(20)34-24)9-11-31(12-10-27)17-21-6-7-22(28)15-23(21)29;1-2/h2-7,14-15H,8-13,16-17H2,1H3,(H,30,32);1-2H3. The third-order valence-corrected chi connectivity index (χ3v) is 8.79. The summed E-state index contributed by atoms with van der Waals surface area (Å²) in [6.07, 6.45) is 2.69. The van der Waals surface area contributed by atoms with Gasteiger partial charge in [0.1, 0.15) is 5.60 Å². The van der Waals surface area contributed by atoms with Gasteiger partial charge in [0.05, 0.1) is 11.5 Å². The summed E-state index contributed by atoms with van der Waals surface area (Å²) >= 11 is 14.0. The average Bonchev–Trinajstić information content (AvgIpc) is 3.34. The summed E-state index contributed by atoms with van der Waals surface area (Å²) in [6.45, 7) is 9.95. The number of hydrogen-bond acceptors (Lipinski definition) is 4. The molecule has 1 amide bonds. The van der Waals surface area contributed by atoms with Gasteiger partial charge in [-0.1, -0.05) is 72.9 Å². The summed E-state index contributed by atoms with van der Waals surface area (Å²) in [4.78, 5) is 17.3. The number of halogens is 2. The number of likely N-dealkylation sites (tertiary alicyclic amines) is 1. The molecule has 1 fully saturated rings. The number of hydrogen-bond donors (Lipinski definition) is 1. The zero-order valence-corrected chi connectivity index (χ0v) is 23.5. The Balaban J connectivity index is 0.00000148. The van der Waals surface area contributed by atoms with Crippen LogP contribution in [0.15, 0.2) is 48.5 Å². The van der Waals surface area contributed by atoms with Gasteiger partial charge in [0.25, 0.3) is 5.91 Å². The Morgan fingerprint density at radius 3 is 2.50 bits per heavy atom. The maximum Gasteiger partial charge on any atom is 0.261 e. The van der Waals surface area contributed by atoms with Gasteiger partial charge >= 0.3 is 0 Å². The van der Waals surface area contributed by atoms with Gasteiger partial charge in [0.15, 0.2) is 0 Å². The number of nitrogens with one attached hydrogen (secondary N) is 1. The van der Waals surface area contributed by atoms with Crippen molar-refractivity contribution in [3.05, 3.63) is 90.6 Å². The van der Waals surface area contributed by atoms with Gasteiger partial charge in [0, 0.05) is 41.1 Å². The van der Waals surface area contributed by atoms with Crippen LogP contribution in [0.1, 0.15) is 63.5 Å². The molecule has 1 N–H and O–H groups in total. The van der Waals surface area contributed by atoms with Crippen LogP contribution < -0.4 is 5.32 Å². The van der Waals surface area contributed by atoms with E-state index in [0.29, 0.717) is 23.2 Å². The number of nitrogens with zero attached hydrogens (tertiary/aromatic N) is 1. The SMILES string of the molecule is CC.Cc1ccc(CNC(=O)c2cc3c(s2)C2(CCN(Cc4ccc(Cl)cc4Cl)CC2)OCC3)cc1. The van der Waals surface area contributed by atoms with E-state index in [1.165, 1.54) is 16.0 Å². The van der Waals surface area contributed by atoms with Gasteiger partial charge in [-0.25, -0.2) is 0 Å². The molecule has 3 heterocycles. The fraction of sp³-hybridized carbons (Fsp3) is 0.414. The molecule has 0 bridgehead atoms. The number of aryl methyl sites for hydroxylation is 1. The number of thiophene rings is 1. The summed E-state index contributed by atoms with van der Waals surface area (Å²) in [5, 5.41) is 4.45. The van der Waals surface area contributed by atoms with Crippen molar-refractivity contribution >= 4 is 40.4 Å². The summed E-state index contributed by atoms with van der Waals surface area (Å²) in [6, 6.07) is 16.0. The monoisotopic (exact) mass is 544 g/mol. The molecular formula is C29H34Cl2N2O2S. The molecule has 192 valence electrons. The van der Waals surface area contributed by atoms with Crippen molar-refractivity contribution in [2.75, 3.05) is 19.7 Å².